The van der Waals surface area contributed by atoms with Crippen LogP contribution < -0.4 is 9.47 Å². The van der Waals surface area contributed by atoms with Gasteiger partial charge in [-0.05, 0) is 77.6 Å². The van der Waals surface area contributed by atoms with Crippen LogP contribution in [0.3, 0.4) is 0 Å². The number of benzene rings is 3. The highest BCUT2D eigenvalue weighted by Crippen LogP contribution is 2.49. The van der Waals surface area contributed by atoms with Gasteiger partial charge < -0.3 is 14.6 Å². The monoisotopic (exact) mass is 508 g/mol. The second-order valence-corrected chi connectivity index (χ2v) is 10.3. The van der Waals surface area contributed by atoms with Gasteiger partial charge in [-0.1, -0.05) is 56.5 Å². The zero-order chi connectivity index (χ0) is 26.4. The Kier molecular flexibility index (Phi) is 8.47. The van der Waals surface area contributed by atoms with E-state index in [0.29, 0.717) is 16.9 Å². The topological polar surface area (TPSA) is 55.8 Å². The minimum atomic E-state index is -0.977. The Balaban J connectivity index is 0.000000994. The number of hydrogen-bond donors (Lipinski definition) is 1. The molecule has 4 nitrogen and oxygen atoms in total. The molecule has 3 aromatic rings. The van der Waals surface area contributed by atoms with Crippen LogP contribution in [0.2, 0.25) is 0 Å². The summed E-state index contributed by atoms with van der Waals surface area (Å²) in [5.74, 6) is -1.15. The second kappa shape index (κ2) is 11.8. The zero-order valence-electron chi connectivity index (χ0n) is 21.5. The average Bonchev–Trinajstić information content (AvgIpc) is 3.81. The maximum atomic E-state index is 14.8. The van der Waals surface area contributed by atoms with Gasteiger partial charge in [-0.25, -0.2) is 8.78 Å². The van der Waals surface area contributed by atoms with Crippen LogP contribution in [0.15, 0.2) is 54.6 Å². The van der Waals surface area contributed by atoms with Crippen LogP contribution >= 0.6 is 0 Å². The number of carboxylic acid groups (broad SMARTS) is 1. The molecule has 2 aliphatic carbocycles. The minimum Gasteiger partial charge on any atom is -0.497 e. The lowest BCUT2D eigenvalue weighted by Gasteiger charge is -2.17. The van der Waals surface area contributed by atoms with Crippen molar-refractivity contribution in [2.24, 2.45) is 5.41 Å². The van der Waals surface area contributed by atoms with Gasteiger partial charge in [-0.3, -0.25) is 4.79 Å². The van der Waals surface area contributed by atoms with E-state index in [0.717, 1.165) is 36.0 Å². The van der Waals surface area contributed by atoms with Crippen LogP contribution in [0, 0.1) is 17.0 Å². The normalized spacial score (nSPS) is 14.8. The van der Waals surface area contributed by atoms with Crippen molar-refractivity contribution >= 4 is 5.97 Å². The van der Waals surface area contributed by atoms with Crippen molar-refractivity contribution < 1.29 is 28.2 Å². The summed E-state index contributed by atoms with van der Waals surface area (Å²) in [6.07, 6.45) is 7.52. The summed E-state index contributed by atoms with van der Waals surface area (Å²) in [4.78, 5) is 10.8. The molecular formula is C31H34F2O4. The third-order valence-electron chi connectivity index (χ3n) is 6.75. The van der Waals surface area contributed by atoms with Gasteiger partial charge in [0.05, 0.1) is 7.11 Å². The van der Waals surface area contributed by atoms with Crippen LogP contribution in [-0.2, 0) is 24.2 Å². The van der Waals surface area contributed by atoms with Gasteiger partial charge in [0.25, 0.3) is 0 Å². The molecule has 2 fully saturated rings. The molecule has 196 valence electrons. The first-order chi connectivity index (χ1) is 17.8. The summed E-state index contributed by atoms with van der Waals surface area (Å²) in [6, 6.07) is 15.2. The van der Waals surface area contributed by atoms with Crippen LogP contribution in [0.5, 0.6) is 11.5 Å². The first-order valence-corrected chi connectivity index (χ1v) is 12.9. The molecule has 0 aliphatic heterocycles. The average molecular weight is 509 g/mol. The van der Waals surface area contributed by atoms with E-state index in [4.69, 9.17) is 14.6 Å². The quantitative estimate of drug-likeness (QED) is 0.304. The number of halogens is 2. The molecule has 1 N–H and O–H groups in total. The van der Waals surface area contributed by atoms with Crippen molar-refractivity contribution in [1.82, 2.24) is 0 Å². The predicted molar refractivity (Wildman–Crippen MR) is 140 cm³/mol. The van der Waals surface area contributed by atoms with Crippen LogP contribution in [0.25, 0.3) is 11.1 Å². The van der Waals surface area contributed by atoms with Crippen molar-refractivity contribution in [3.8, 4) is 22.6 Å². The van der Waals surface area contributed by atoms with E-state index < -0.39 is 11.8 Å². The van der Waals surface area contributed by atoms with E-state index in [1.54, 1.807) is 31.4 Å². The minimum absolute atomic E-state index is 0.0847. The van der Waals surface area contributed by atoms with E-state index in [9.17, 15) is 13.6 Å². The zero-order valence-corrected chi connectivity index (χ0v) is 21.5. The molecule has 2 aliphatic rings. The Bertz CT molecular complexity index is 1250. The van der Waals surface area contributed by atoms with Gasteiger partial charge in [0.1, 0.15) is 18.2 Å². The Hall–Kier alpha value is -3.41. The first kappa shape index (κ1) is 26.6. The highest BCUT2D eigenvalue weighted by molar-refractivity contribution is 5.70. The number of carbonyl (C=O) groups is 1. The molecule has 0 aromatic heterocycles. The van der Waals surface area contributed by atoms with Gasteiger partial charge in [0, 0.05) is 12.0 Å². The predicted octanol–water partition coefficient (Wildman–Crippen LogP) is 7.75. The molecule has 0 bridgehead atoms. The van der Waals surface area contributed by atoms with Gasteiger partial charge in [-0.15, -0.1) is 0 Å². The van der Waals surface area contributed by atoms with E-state index in [2.05, 4.69) is 6.92 Å². The van der Waals surface area contributed by atoms with Gasteiger partial charge in [0.15, 0.2) is 11.6 Å². The maximum Gasteiger partial charge on any atom is 0.303 e. The largest absolute Gasteiger partial charge is 0.497 e. The molecule has 0 amide bonds. The summed E-state index contributed by atoms with van der Waals surface area (Å²) in [7, 11) is 1.55. The molecule has 0 atom stereocenters. The SMILES string of the molecule is C1CC1.COc1ccc(F)c(-c2ccc(COc3cccc(CCC(=O)O)c3F)cc2CC2(C)CC2)c1. The van der Waals surface area contributed by atoms with Gasteiger partial charge in [0.2, 0.25) is 0 Å². The molecule has 0 saturated heterocycles. The lowest BCUT2D eigenvalue weighted by Crippen LogP contribution is -2.05. The van der Waals surface area contributed by atoms with Crippen LogP contribution in [0.4, 0.5) is 8.78 Å². The fourth-order valence-electron chi connectivity index (χ4n) is 4.10. The first-order valence-electron chi connectivity index (χ1n) is 12.9. The Morgan fingerprint density at radius 1 is 0.973 bits per heavy atom. The Morgan fingerprint density at radius 3 is 2.38 bits per heavy atom. The molecule has 37 heavy (non-hydrogen) atoms. The molecular weight excluding hydrogens is 474 g/mol. The summed E-state index contributed by atoms with van der Waals surface area (Å²) in [5, 5.41) is 8.86. The number of hydrogen-bond acceptors (Lipinski definition) is 3. The fourth-order valence-corrected chi connectivity index (χ4v) is 4.10. The Labute approximate surface area is 217 Å². The van der Waals surface area contributed by atoms with Crippen molar-refractivity contribution in [3.63, 3.8) is 0 Å². The molecule has 0 radical (unpaired) electrons. The molecule has 5 rings (SSSR count). The lowest BCUT2D eigenvalue weighted by molar-refractivity contribution is -0.136. The van der Waals surface area contributed by atoms with Crippen LogP contribution in [0.1, 0.15) is 62.1 Å². The molecule has 2 saturated carbocycles. The van der Waals surface area contributed by atoms with Crippen molar-refractivity contribution in [2.45, 2.75) is 64.9 Å². The third-order valence-corrected chi connectivity index (χ3v) is 6.75. The van der Waals surface area contributed by atoms with Crippen molar-refractivity contribution in [3.05, 3.63) is 82.9 Å². The molecule has 0 spiro atoms. The van der Waals surface area contributed by atoms with Gasteiger partial charge >= 0.3 is 5.97 Å². The summed E-state index contributed by atoms with van der Waals surface area (Å²) >= 11 is 0. The van der Waals surface area contributed by atoms with Crippen molar-refractivity contribution in [1.29, 1.82) is 0 Å². The molecule has 6 heteroatoms. The van der Waals surface area contributed by atoms with E-state index in [1.165, 1.54) is 31.4 Å². The smallest absolute Gasteiger partial charge is 0.303 e. The number of aliphatic carboxylic acids is 1. The summed E-state index contributed by atoms with van der Waals surface area (Å²) in [5.41, 5.74) is 3.68. The third kappa shape index (κ3) is 7.54. The molecule has 0 unspecified atom stereocenters. The van der Waals surface area contributed by atoms with E-state index in [1.807, 2.05) is 18.2 Å². The number of aryl methyl sites for hydroxylation is 1. The maximum absolute atomic E-state index is 14.8. The highest BCUT2D eigenvalue weighted by Gasteiger charge is 2.37. The second-order valence-electron chi connectivity index (χ2n) is 10.3. The number of ether oxygens (including phenoxy) is 2. The number of carboxylic acids is 1. The molecule has 3 aromatic carbocycles. The number of methoxy groups -OCH3 is 1. The van der Waals surface area contributed by atoms with E-state index >= 15 is 0 Å². The summed E-state index contributed by atoms with van der Waals surface area (Å²) < 4.78 is 40.5. The number of rotatable bonds is 10. The summed E-state index contributed by atoms with van der Waals surface area (Å²) in [6.45, 7) is 2.36. The standard InChI is InChI=1S/C28H28F2O4.C3H6/c1-28(12-13-28)16-20-14-18(6-9-22(20)23-15-21(33-2)8-10-24(23)29)17-34-25-5-3-4-19(27(25)30)7-11-26(31)32;1-2-3-1/h3-6,8-10,14-15H,7,11-13,16-17H2,1-2H3,(H,31,32);1-3H2. The fraction of sp³-hybridized carbons (Fsp3) is 0.387. The van der Waals surface area contributed by atoms with Crippen molar-refractivity contribution in [2.75, 3.05) is 7.11 Å². The lowest BCUT2D eigenvalue weighted by atomic mass is 9.90. The van der Waals surface area contributed by atoms with E-state index in [-0.39, 0.29) is 36.4 Å². The Morgan fingerprint density at radius 2 is 1.73 bits per heavy atom. The molecule has 0 heterocycles. The van der Waals surface area contributed by atoms with Crippen LogP contribution in [-0.4, -0.2) is 18.2 Å². The van der Waals surface area contributed by atoms with Gasteiger partial charge in [-0.2, -0.15) is 0 Å². The highest BCUT2D eigenvalue weighted by atomic mass is 19.1.